The van der Waals surface area contributed by atoms with E-state index in [2.05, 4.69) is 23.9 Å². The molecule has 0 saturated carbocycles. The third-order valence-corrected chi connectivity index (χ3v) is 7.10. The van der Waals surface area contributed by atoms with Crippen LogP contribution in [-0.2, 0) is 4.74 Å². The Balaban J connectivity index is 1.62. The molecule has 2 aliphatic rings. The van der Waals surface area contributed by atoms with E-state index < -0.39 is 0 Å². The molecule has 4 rings (SSSR count). The third kappa shape index (κ3) is 6.18. The number of carbonyl (C=O) groups excluding carboxylic acids is 1. The summed E-state index contributed by atoms with van der Waals surface area (Å²) in [6.45, 7) is 7.57. The van der Waals surface area contributed by atoms with Gasteiger partial charge in [0.05, 0.1) is 12.6 Å². The number of fused-ring (bicyclic) bond motifs is 1. The van der Waals surface area contributed by atoms with E-state index in [1.807, 2.05) is 6.92 Å². The van der Waals surface area contributed by atoms with Crippen molar-refractivity contribution in [2.45, 2.75) is 38.8 Å². The van der Waals surface area contributed by atoms with E-state index in [0.29, 0.717) is 36.0 Å². The quantitative estimate of drug-likeness (QED) is 0.648. The Kier molecular flexibility index (Phi) is 8.36. The number of aliphatic hydroxyl groups is 1. The number of hydrogen-bond acceptors (Lipinski definition) is 6. The zero-order valence-corrected chi connectivity index (χ0v) is 20.8. The number of halogens is 1. The highest BCUT2D eigenvalue weighted by Crippen LogP contribution is 2.30. The van der Waals surface area contributed by atoms with E-state index >= 15 is 0 Å². The average molecular weight is 486 g/mol. The molecule has 8 heteroatoms. The summed E-state index contributed by atoms with van der Waals surface area (Å²) in [6.07, 6.45) is 3.62. The third-order valence-electron chi connectivity index (χ3n) is 7.10. The number of benzene rings is 1. The minimum atomic E-state index is -0.342. The van der Waals surface area contributed by atoms with Gasteiger partial charge in [-0.3, -0.25) is 4.79 Å². The number of carbonyl (C=O) groups is 1. The number of ether oxygens (including phenoxy) is 2. The van der Waals surface area contributed by atoms with Gasteiger partial charge < -0.3 is 24.4 Å². The molecule has 1 fully saturated rings. The van der Waals surface area contributed by atoms with Crippen LogP contribution >= 0.6 is 0 Å². The number of nitrogens with zero attached hydrogens (tertiary/aromatic N) is 3. The highest BCUT2D eigenvalue weighted by atomic mass is 19.1. The predicted molar refractivity (Wildman–Crippen MR) is 132 cm³/mol. The molecule has 0 bridgehead atoms. The Labute approximate surface area is 206 Å². The Morgan fingerprint density at radius 1 is 1.20 bits per heavy atom. The Bertz CT molecular complexity index is 996. The molecule has 1 aromatic heterocycles. The summed E-state index contributed by atoms with van der Waals surface area (Å²) in [5.41, 5.74) is 1.83. The van der Waals surface area contributed by atoms with Gasteiger partial charge >= 0.3 is 0 Å². The van der Waals surface area contributed by atoms with Crippen LogP contribution in [0.3, 0.4) is 0 Å². The summed E-state index contributed by atoms with van der Waals surface area (Å²) in [5, 5.41) is 9.86. The molecule has 0 unspecified atom stereocenters. The van der Waals surface area contributed by atoms with Gasteiger partial charge in [-0.1, -0.05) is 19.1 Å². The molecule has 0 spiro atoms. The van der Waals surface area contributed by atoms with Gasteiger partial charge in [-0.05, 0) is 56.5 Å². The van der Waals surface area contributed by atoms with Gasteiger partial charge in [-0.15, -0.1) is 0 Å². The number of amides is 1. The lowest BCUT2D eigenvalue weighted by Gasteiger charge is -2.38. The lowest BCUT2D eigenvalue weighted by atomic mass is 9.97. The van der Waals surface area contributed by atoms with Crippen molar-refractivity contribution in [3.05, 3.63) is 47.9 Å². The fraction of sp³-hybridized carbons (Fsp3) is 0.556. The summed E-state index contributed by atoms with van der Waals surface area (Å²) >= 11 is 0. The van der Waals surface area contributed by atoms with E-state index in [4.69, 9.17) is 9.47 Å². The first-order valence-corrected chi connectivity index (χ1v) is 12.5. The van der Waals surface area contributed by atoms with Crippen molar-refractivity contribution in [3.8, 4) is 17.0 Å². The molecule has 2 aliphatic heterocycles. The standard InChI is InChI=1S/C27H36FN3O4/c1-18-14-31(19(2)17-32)27(33)24-12-22(21-4-6-23(28)7-5-21)13-29-26(24)35-25(18)16-30(3)15-20-8-10-34-11-9-20/h4-7,12-13,18-20,25,32H,8-11,14-17H2,1-3H3/t18-,19+,25-/m1/s1. The minimum Gasteiger partial charge on any atom is -0.472 e. The van der Waals surface area contributed by atoms with Crippen LogP contribution in [0.15, 0.2) is 36.5 Å². The number of aromatic nitrogens is 1. The summed E-state index contributed by atoms with van der Waals surface area (Å²) in [7, 11) is 2.11. The van der Waals surface area contributed by atoms with Crippen molar-refractivity contribution in [1.82, 2.24) is 14.8 Å². The van der Waals surface area contributed by atoms with E-state index in [9.17, 15) is 14.3 Å². The van der Waals surface area contributed by atoms with E-state index in [-0.39, 0.29) is 36.4 Å². The van der Waals surface area contributed by atoms with Crippen molar-refractivity contribution < 1.29 is 23.8 Å². The molecular weight excluding hydrogens is 449 g/mol. The van der Waals surface area contributed by atoms with E-state index in [1.165, 1.54) is 12.1 Å². The maximum atomic E-state index is 13.6. The van der Waals surface area contributed by atoms with Crippen LogP contribution < -0.4 is 4.74 Å². The molecule has 1 amide bonds. The number of rotatable bonds is 7. The normalized spacial score (nSPS) is 22.3. The first-order chi connectivity index (χ1) is 16.9. The van der Waals surface area contributed by atoms with Crippen LogP contribution in [-0.4, -0.2) is 84.4 Å². The predicted octanol–water partition coefficient (Wildman–Crippen LogP) is 3.47. The van der Waals surface area contributed by atoms with Crippen molar-refractivity contribution in [2.75, 3.05) is 46.5 Å². The van der Waals surface area contributed by atoms with Gasteiger partial charge in [0.1, 0.15) is 17.5 Å². The number of likely N-dealkylation sites (N-methyl/N-ethyl adjacent to an activating group) is 1. The lowest BCUT2D eigenvalue weighted by Crippen LogP contribution is -2.50. The molecule has 35 heavy (non-hydrogen) atoms. The second-order valence-corrected chi connectivity index (χ2v) is 9.98. The summed E-state index contributed by atoms with van der Waals surface area (Å²) < 4.78 is 25.3. The fourth-order valence-corrected chi connectivity index (χ4v) is 4.87. The molecule has 3 heterocycles. The van der Waals surface area contributed by atoms with Gasteiger partial charge in [0.25, 0.3) is 5.91 Å². The molecule has 1 saturated heterocycles. The van der Waals surface area contributed by atoms with E-state index in [1.54, 1.807) is 29.3 Å². The zero-order valence-electron chi connectivity index (χ0n) is 20.8. The fourth-order valence-electron chi connectivity index (χ4n) is 4.87. The summed E-state index contributed by atoms with van der Waals surface area (Å²) in [5.74, 6) is 0.397. The molecule has 190 valence electrons. The smallest absolute Gasteiger partial charge is 0.259 e. The number of aliphatic hydroxyl groups excluding tert-OH is 1. The lowest BCUT2D eigenvalue weighted by molar-refractivity contribution is 0.0254. The Hall–Kier alpha value is -2.55. The molecule has 2 aromatic rings. The van der Waals surface area contributed by atoms with Crippen LogP contribution in [0.25, 0.3) is 11.1 Å². The summed E-state index contributed by atoms with van der Waals surface area (Å²) in [4.78, 5) is 22.1. The molecule has 7 nitrogen and oxygen atoms in total. The highest BCUT2D eigenvalue weighted by Gasteiger charge is 2.34. The molecule has 1 N–H and O–H groups in total. The Morgan fingerprint density at radius 2 is 1.91 bits per heavy atom. The van der Waals surface area contributed by atoms with Crippen LogP contribution in [0.5, 0.6) is 5.88 Å². The molecule has 3 atom stereocenters. The van der Waals surface area contributed by atoms with Crippen LogP contribution in [0.2, 0.25) is 0 Å². The molecule has 0 radical (unpaired) electrons. The molecule has 0 aliphatic carbocycles. The van der Waals surface area contributed by atoms with Crippen LogP contribution in [0, 0.1) is 17.7 Å². The summed E-state index contributed by atoms with van der Waals surface area (Å²) in [6, 6.07) is 7.51. The van der Waals surface area contributed by atoms with Gasteiger partial charge in [0.2, 0.25) is 5.88 Å². The average Bonchev–Trinajstić information content (AvgIpc) is 2.86. The van der Waals surface area contributed by atoms with Crippen molar-refractivity contribution in [2.24, 2.45) is 11.8 Å². The molecular formula is C27H36FN3O4. The second kappa shape index (κ2) is 11.5. The van der Waals surface area contributed by atoms with Gasteiger partial charge in [-0.25, -0.2) is 9.37 Å². The van der Waals surface area contributed by atoms with Gasteiger partial charge in [0.15, 0.2) is 0 Å². The zero-order chi connectivity index (χ0) is 24.9. The Morgan fingerprint density at radius 3 is 2.60 bits per heavy atom. The van der Waals surface area contributed by atoms with Crippen molar-refractivity contribution >= 4 is 5.91 Å². The minimum absolute atomic E-state index is 0.0387. The van der Waals surface area contributed by atoms with Crippen LogP contribution in [0.1, 0.15) is 37.0 Å². The number of hydrogen-bond donors (Lipinski definition) is 1. The first kappa shape index (κ1) is 25.5. The SMILES string of the molecule is C[C@@H]1CN([C@@H](C)CO)C(=O)c2cc(-c3ccc(F)cc3)cnc2O[C@@H]1CN(C)CC1CCOCC1. The van der Waals surface area contributed by atoms with Gasteiger partial charge in [0, 0.05) is 50.5 Å². The maximum absolute atomic E-state index is 13.6. The number of pyridine rings is 1. The highest BCUT2D eigenvalue weighted by molar-refractivity contribution is 5.98. The topological polar surface area (TPSA) is 75.1 Å². The van der Waals surface area contributed by atoms with Crippen molar-refractivity contribution in [1.29, 1.82) is 0 Å². The largest absolute Gasteiger partial charge is 0.472 e. The van der Waals surface area contributed by atoms with Crippen LogP contribution in [0.4, 0.5) is 4.39 Å². The second-order valence-electron chi connectivity index (χ2n) is 9.98. The van der Waals surface area contributed by atoms with Gasteiger partial charge in [-0.2, -0.15) is 0 Å². The maximum Gasteiger partial charge on any atom is 0.259 e. The van der Waals surface area contributed by atoms with Crippen molar-refractivity contribution in [3.63, 3.8) is 0 Å². The monoisotopic (exact) mass is 485 g/mol. The van der Waals surface area contributed by atoms with E-state index in [0.717, 1.165) is 38.2 Å². The first-order valence-electron chi connectivity index (χ1n) is 12.5. The molecule has 1 aromatic carbocycles.